The van der Waals surface area contributed by atoms with Crippen LogP contribution in [0.2, 0.25) is 0 Å². The Labute approximate surface area is 68.5 Å². The molecule has 1 unspecified atom stereocenters. The number of rotatable bonds is 2. The molecule has 8 heteroatoms. The van der Waals surface area contributed by atoms with Gasteiger partial charge < -0.3 is 4.55 Å². The van der Waals surface area contributed by atoms with E-state index < -0.39 is 22.0 Å². The highest BCUT2D eigenvalue weighted by atomic mass is 32.2. The smallest absolute Gasteiger partial charge is 0.354 e. The van der Waals surface area contributed by atoms with Gasteiger partial charge in [-0.1, -0.05) is 0 Å². The van der Waals surface area contributed by atoms with E-state index in [9.17, 15) is 17.5 Å². The summed E-state index contributed by atoms with van der Waals surface area (Å²) in [4.78, 5) is 0. The van der Waals surface area contributed by atoms with Crippen LogP contribution in [0.15, 0.2) is 0 Å². The average molecular weight is 196 g/mol. The van der Waals surface area contributed by atoms with E-state index in [1.54, 1.807) is 0 Å². The third kappa shape index (κ3) is 1.34. The molecule has 0 aromatic carbocycles. The van der Waals surface area contributed by atoms with Crippen molar-refractivity contribution in [3.63, 3.8) is 0 Å². The van der Waals surface area contributed by atoms with Crippen LogP contribution < -0.4 is 0 Å². The molecule has 1 aromatic rings. The summed E-state index contributed by atoms with van der Waals surface area (Å²) in [6, 6.07) is 0. The second kappa shape index (κ2) is 2.87. The van der Waals surface area contributed by atoms with Crippen LogP contribution >= 0.6 is 0 Å². The summed E-state index contributed by atoms with van der Waals surface area (Å²) in [5.74, 6) is 0. The van der Waals surface area contributed by atoms with E-state index in [1.165, 1.54) is 6.92 Å². The fraction of sp³-hybridized carbons (Fsp3) is 0.500. The number of H-pyrrole nitrogens is 1. The maximum atomic E-state index is 12.6. The zero-order valence-corrected chi connectivity index (χ0v) is 6.69. The molecule has 1 heterocycles. The highest BCUT2D eigenvalue weighted by Gasteiger charge is 2.38. The molecule has 0 aliphatic heterocycles. The van der Waals surface area contributed by atoms with Gasteiger partial charge in [0.2, 0.25) is 0 Å². The van der Waals surface area contributed by atoms with Gasteiger partial charge in [-0.3, -0.25) is 4.21 Å². The Bertz CT molecular complexity index is 313. The molecule has 1 atom stereocenters. The highest BCUT2D eigenvalue weighted by Crippen LogP contribution is 2.30. The first-order chi connectivity index (χ1) is 5.46. The molecular weight excluding hydrogens is 192 g/mol. The number of nitrogens with zero attached hydrogens (tertiary/aromatic N) is 2. The summed E-state index contributed by atoms with van der Waals surface area (Å²) in [6.45, 7) is 1.24. The van der Waals surface area contributed by atoms with Crippen LogP contribution in [-0.2, 0) is 16.3 Å². The zero-order valence-electron chi connectivity index (χ0n) is 5.88. The van der Waals surface area contributed by atoms with Crippen molar-refractivity contribution >= 4 is 11.1 Å². The van der Waals surface area contributed by atoms with E-state index >= 15 is 0 Å². The van der Waals surface area contributed by atoms with Crippen molar-refractivity contribution in [1.82, 2.24) is 15.4 Å². The largest absolute Gasteiger partial charge is 0.768 e. The highest BCUT2D eigenvalue weighted by molar-refractivity contribution is 7.79. The van der Waals surface area contributed by atoms with Crippen LogP contribution in [0.3, 0.4) is 0 Å². The Kier molecular flexibility index (Phi) is 2.20. The molecule has 0 radical (unpaired) electrons. The van der Waals surface area contributed by atoms with Gasteiger partial charge in [-0.05, 0) is 6.92 Å². The fourth-order valence-corrected chi connectivity index (χ4v) is 0.990. The van der Waals surface area contributed by atoms with E-state index in [2.05, 4.69) is 10.2 Å². The lowest BCUT2D eigenvalue weighted by Gasteiger charge is -2.16. The average Bonchev–Trinajstić information content (AvgIpc) is 2.35. The van der Waals surface area contributed by atoms with Crippen molar-refractivity contribution in [3.8, 4) is 0 Å². The first-order valence-electron chi connectivity index (χ1n) is 2.81. The van der Waals surface area contributed by atoms with Crippen LogP contribution in [0.5, 0.6) is 0 Å². The van der Waals surface area contributed by atoms with Crippen LogP contribution in [0.4, 0.5) is 8.78 Å². The van der Waals surface area contributed by atoms with E-state index in [0.29, 0.717) is 0 Å². The molecule has 0 saturated heterocycles. The summed E-state index contributed by atoms with van der Waals surface area (Å²) in [6.07, 6.45) is 0. The van der Waals surface area contributed by atoms with Gasteiger partial charge in [0.1, 0.15) is 0 Å². The van der Waals surface area contributed by atoms with Gasteiger partial charge in [-0.25, -0.2) is 0 Å². The Morgan fingerprint density at radius 3 is 2.50 bits per heavy atom. The summed E-state index contributed by atoms with van der Waals surface area (Å²) in [5, 5.41) is 4.24. The minimum absolute atomic E-state index is 0.135. The molecule has 5 nitrogen and oxygen atoms in total. The second-order valence-corrected chi connectivity index (χ2v) is 2.99. The third-order valence-corrected chi connectivity index (χ3v) is 1.82. The molecule has 0 aliphatic carbocycles. The number of aryl methyl sites for hydroxylation is 1. The molecule has 0 saturated carbocycles. The molecule has 0 fully saturated rings. The van der Waals surface area contributed by atoms with Gasteiger partial charge in [0.25, 0.3) is 0 Å². The second-order valence-electron chi connectivity index (χ2n) is 2.01. The number of halogens is 2. The fourth-order valence-electron chi connectivity index (χ4n) is 0.638. The molecule has 0 amide bonds. The van der Waals surface area contributed by atoms with Gasteiger partial charge >= 0.3 is 5.25 Å². The lowest BCUT2D eigenvalue weighted by molar-refractivity contribution is 0.0818. The lowest BCUT2D eigenvalue weighted by atomic mass is 10.3. The standard InChI is InChI=1S/C4H5F2N3O2S/c1-2-3(8-9-7-2)4(5,6)12(10)11/h1H3,(H,10,11)(H,7,8,9)/p-1. The minimum Gasteiger partial charge on any atom is -0.768 e. The first kappa shape index (κ1) is 9.20. The normalized spacial score (nSPS) is 14.7. The molecule has 1 aromatic heterocycles. The van der Waals surface area contributed by atoms with E-state index in [4.69, 9.17) is 0 Å². The quantitative estimate of drug-likeness (QED) is 0.677. The first-order valence-corrected chi connectivity index (χ1v) is 3.88. The zero-order chi connectivity index (χ0) is 9.35. The van der Waals surface area contributed by atoms with Crippen LogP contribution in [-0.4, -0.2) is 24.2 Å². The summed E-state index contributed by atoms with van der Waals surface area (Å²) < 4.78 is 45.4. The molecule has 0 bridgehead atoms. The van der Waals surface area contributed by atoms with Gasteiger partial charge in [0.05, 0.1) is 5.69 Å². The van der Waals surface area contributed by atoms with Gasteiger partial charge in [-0.15, -0.1) is 0 Å². The number of nitrogens with one attached hydrogen (secondary N) is 1. The molecular formula is C4H4F2N3O2S-. The van der Waals surface area contributed by atoms with Crippen LogP contribution in [0, 0.1) is 6.92 Å². The number of aromatic nitrogens is 3. The molecule has 0 spiro atoms. The number of hydrogen-bond donors (Lipinski definition) is 1. The Morgan fingerprint density at radius 2 is 2.17 bits per heavy atom. The SMILES string of the molecule is Cc1n[nH]nc1C(F)(F)S(=O)[O-]. The van der Waals surface area contributed by atoms with Gasteiger partial charge in [0, 0.05) is 11.1 Å². The van der Waals surface area contributed by atoms with Crippen molar-refractivity contribution in [2.45, 2.75) is 12.2 Å². The summed E-state index contributed by atoms with van der Waals surface area (Å²) in [5.41, 5.74) is -1.000. The predicted octanol–water partition coefficient (Wildman–Crippen LogP) is 0.0415. The number of hydrogen-bond acceptors (Lipinski definition) is 4. The van der Waals surface area contributed by atoms with Crippen molar-refractivity contribution in [1.29, 1.82) is 0 Å². The molecule has 1 rings (SSSR count). The minimum atomic E-state index is -3.98. The van der Waals surface area contributed by atoms with Crippen molar-refractivity contribution < 1.29 is 17.5 Å². The molecule has 1 N–H and O–H groups in total. The van der Waals surface area contributed by atoms with Crippen molar-refractivity contribution in [3.05, 3.63) is 11.4 Å². The Balaban J connectivity index is 3.13. The predicted molar refractivity (Wildman–Crippen MR) is 33.9 cm³/mol. The Hall–Kier alpha value is -0.890. The maximum Gasteiger partial charge on any atom is 0.354 e. The van der Waals surface area contributed by atoms with E-state index in [0.717, 1.165) is 0 Å². The summed E-state index contributed by atoms with van der Waals surface area (Å²) in [7, 11) is 0. The van der Waals surface area contributed by atoms with E-state index in [1.807, 2.05) is 5.21 Å². The third-order valence-electron chi connectivity index (χ3n) is 1.21. The maximum absolute atomic E-state index is 12.6. The topological polar surface area (TPSA) is 81.7 Å². The number of alkyl halides is 2. The molecule has 12 heavy (non-hydrogen) atoms. The molecule has 68 valence electrons. The summed E-state index contributed by atoms with van der Waals surface area (Å²) >= 11 is -3.52. The van der Waals surface area contributed by atoms with Gasteiger partial charge in [-0.2, -0.15) is 24.2 Å². The van der Waals surface area contributed by atoms with Crippen LogP contribution in [0.1, 0.15) is 11.4 Å². The molecule has 0 aliphatic rings. The Morgan fingerprint density at radius 1 is 1.58 bits per heavy atom. The lowest BCUT2D eigenvalue weighted by Crippen LogP contribution is -2.21. The van der Waals surface area contributed by atoms with Crippen LogP contribution in [0.25, 0.3) is 0 Å². The van der Waals surface area contributed by atoms with Crippen molar-refractivity contribution in [2.24, 2.45) is 0 Å². The van der Waals surface area contributed by atoms with Gasteiger partial charge in [0.15, 0.2) is 5.69 Å². The number of aromatic amines is 1. The van der Waals surface area contributed by atoms with E-state index in [-0.39, 0.29) is 5.69 Å². The van der Waals surface area contributed by atoms with Crippen molar-refractivity contribution in [2.75, 3.05) is 0 Å². The monoisotopic (exact) mass is 196 g/mol.